The van der Waals surface area contributed by atoms with E-state index in [4.69, 9.17) is 17.3 Å². The largest absolute Gasteiger partial charge is 0.463 e. The molecule has 0 aliphatic carbocycles. The minimum atomic E-state index is -0.392. The highest BCUT2D eigenvalue weighted by Crippen LogP contribution is 2.30. The Morgan fingerprint density at radius 3 is 2.41 bits per heavy atom. The summed E-state index contributed by atoms with van der Waals surface area (Å²) >= 11 is 0. The van der Waals surface area contributed by atoms with Gasteiger partial charge in [0.05, 0.1) is 26.3 Å². The van der Waals surface area contributed by atoms with Gasteiger partial charge in [0.2, 0.25) is 0 Å². The highest BCUT2D eigenvalue weighted by Gasteiger charge is 2.37. The van der Waals surface area contributed by atoms with Crippen molar-refractivity contribution in [1.82, 2.24) is 0 Å². The third kappa shape index (κ3) is 12.5. The number of carbonyl (C=O) groups is 3. The Labute approximate surface area is 196 Å². The highest BCUT2D eigenvalue weighted by molar-refractivity contribution is 6.08. The molecule has 1 fully saturated rings. The third-order valence-corrected chi connectivity index (χ3v) is 6.21. The number of carbonyl (C=O) groups excluding carboxylic acids is 3. The van der Waals surface area contributed by atoms with Gasteiger partial charge in [0.15, 0.2) is 0 Å². The van der Waals surface area contributed by atoms with Gasteiger partial charge in [-0.05, 0) is 38.0 Å². The fourth-order valence-corrected chi connectivity index (χ4v) is 4.11. The summed E-state index contributed by atoms with van der Waals surface area (Å²) in [5.41, 5.74) is 0. The van der Waals surface area contributed by atoms with Crippen LogP contribution in [-0.2, 0) is 23.9 Å². The van der Waals surface area contributed by atoms with Crippen LogP contribution in [0.3, 0.4) is 0 Å². The first-order chi connectivity index (χ1) is 15.5. The molecule has 180 valence electrons. The van der Waals surface area contributed by atoms with E-state index in [-0.39, 0.29) is 36.3 Å². The van der Waals surface area contributed by atoms with Gasteiger partial charge in [0, 0.05) is 6.42 Å². The van der Waals surface area contributed by atoms with Crippen LogP contribution in [0.2, 0.25) is 6.32 Å². The summed E-state index contributed by atoms with van der Waals surface area (Å²) in [7, 11) is 5.56. The second kappa shape index (κ2) is 17.9. The molecule has 1 aliphatic heterocycles. The zero-order valence-corrected chi connectivity index (χ0v) is 20.3. The standard InChI is InChI=1S/C26H43BO5/c1-3-5-6-7-10-13-16-21(23-19-25(29)32-26(23)30)17-14-11-8-9-12-15-18-24(28)31-22(4-2)20-27/h14,17,21-23H,3-13,15-16,18-20H2,1-2H3/b17-14+. The summed E-state index contributed by atoms with van der Waals surface area (Å²) < 4.78 is 10.1. The van der Waals surface area contributed by atoms with Crippen LogP contribution in [0.5, 0.6) is 0 Å². The van der Waals surface area contributed by atoms with Crippen molar-refractivity contribution in [3.63, 3.8) is 0 Å². The van der Waals surface area contributed by atoms with Crippen molar-refractivity contribution >= 4 is 25.8 Å². The number of rotatable bonds is 19. The Kier molecular flexibility index (Phi) is 15.9. The molecule has 32 heavy (non-hydrogen) atoms. The minimum Gasteiger partial charge on any atom is -0.463 e. The number of ether oxygens (including phenoxy) is 2. The quantitative estimate of drug-likeness (QED) is 0.0771. The molecule has 0 spiro atoms. The van der Waals surface area contributed by atoms with Crippen molar-refractivity contribution in [2.24, 2.45) is 11.8 Å². The average Bonchev–Trinajstić information content (AvgIpc) is 3.12. The van der Waals surface area contributed by atoms with E-state index in [0.717, 1.165) is 51.4 Å². The fourth-order valence-electron chi connectivity index (χ4n) is 4.11. The number of hydrogen-bond donors (Lipinski definition) is 0. The minimum absolute atomic E-state index is 0.0870. The number of unbranched alkanes of at least 4 members (excludes halogenated alkanes) is 9. The van der Waals surface area contributed by atoms with Crippen LogP contribution in [-0.4, -0.2) is 31.9 Å². The molecule has 1 saturated heterocycles. The smallest absolute Gasteiger partial charge is 0.317 e. The Morgan fingerprint density at radius 2 is 1.75 bits per heavy atom. The number of allylic oxidation sites excluding steroid dienone is 2. The lowest BCUT2D eigenvalue weighted by Crippen LogP contribution is -2.18. The van der Waals surface area contributed by atoms with Gasteiger partial charge in [-0.15, -0.1) is 0 Å². The van der Waals surface area contributed by atoms with Crippen molar-refractivity contribution in [3.05, 3.63) is 12.2 Å². The van der Waals surface area contributed by atoms with Gasteiger partial charge in [0.25, 0.3) is 0 Å². The molecule has 3 unspecified atom stereocenters. The maximum Gasteiger partial charge on any atom is 0.317 e. The SMILES string of the molecule is [B]CC(CC)OC(=O)CCCCCC/C=C/C(CCCCCCCC)C1CC(=O)OC1=O. The van der Waals surface area contributed by atoms with Crippen LogP contribution in [0.1, 0.15) is 110 Å². The van der Waals surface area contributed by atoms with E-state index in [1.807, 2.05) is 6.92 Å². The molecule has 0 N–H and O–H groups in total. The first-order valence-electron chi connectivity index (χ1n) is 12.8. The first kappa shape index (κ1) is 28.4. The molecule has 0 aromatic rings. The van der Waals surface area contributed by atoms with E-state index < -0.39 is 5.97 Å². The van der Waals surface area contributed by atoms with Crippen LogP contribution >= 0.6 is 0 Å². The molecule has 1 rings (SSSR count). The lowest BCUT2D eigenvalue weighted by molar-refractivity contribution is -0.153. The van der Waals surface area contributed by atoms with Gasteiger partial charge < -0.3 is 9.47 Å². The summed E-state index contributed by atoms with van der Waals surface area (Å²) in [4.78, 5) is 35.3. The van der Waals surface area contributed by atoms with Crippen molar-refractivity contribution in [3.8, 4) is 0 Å². The first-order valence-corrected chi connectivity index (χ1v) is 12.8. The van der Waals surface area contributed by atoms with E-state index >= 15 is 0 Å². The van der Waals surface area contributed by atoms with Crippen molar-refractivity contribution in [1.29, 1.82) is 0 Å². The Bertz CT molecular complexity index is 571. The molecule has 2 radical (unpaired) electrons. The topological polar surface area (TPSA) is 69.7 Å². The van der Waals surface area contributed by atoms with Gasteiger partial charge in [0.1, 0.15) is 0 Å². The van der Waals surface area contributed by atoms with Crippen molar-refractivity contribution in [2.75, 3.05) is 0 Å². The second-order valence-corrected chi connectivity index (χ2v) is 8.96. The van der Waals surface area contributed by atoms with E-state index in [1.165, 1.54) is 32.1 Å². The Morgan fingerprint density at radius 1 is 1.06 bits per heavy atom. The maximum absolute atomic E-state index is 12.0. The van der Waals surface area contributed by atoms with Crippen LogP contribution < -0.4 is 0 Å². The highest BCUT2D eigenvalue weighted by atomic mass is 16.6. The molecule has 0 saturated carbocycles. The molecular formula is C26H43BO5. The molecule has 5 nitrogen and oxygen atoms in total. The van der Waals surface area contributed by atoms with Gasteiger partial charge in [-0.3, -0.25) is 14.4 Å². The van der Waals surface area contributed by atoms with Crippen LogP contribution in [0.25, 0.3) is 0 Å². The summed E-state index contributed by atoms with van der Waals surface area (Å²) in [6.07, 6.45) is 19.0. The lowest BCUT2D eigenvalue weighted by Gasteiger charge is -2.16. The second-order valence-electron chi connectivity index (χ2n) is 8.96. The molecular weight excluding hydrogens is 403 g/mol. The van der Waals surface area contributed by atoms with Gasteiger partial charge in [-0.2, -0.15) is 0 Å². The van der Waals surface area contributed by atoms with Gasteiger partial charge >= 0.3 is 17.9 Å². The van der Waals surface area contributed by atoms with Gasteiger partial charge in [-0.25, -0.2) is 0 Å². The Balaban J connectivity index is 2.27. The van der Waals surface area contributed by atoms with Crippen LogP contribution in [0.15, 0.2) is 12.2 Å². The summed E-state index contributed by atoms with van der Waals surface area (Å²) in [6, 6.07) is 0. The predicted molar refractivity (Wildman–Crippen MR) is 128 cm³/mol. The summed E-state index contributed by atoms with van der Waals surface area (Å²) in [5.74, 6) is -1.14. The molecule has 0 aromatic carbocycles. The average molecular weight is 446 g/mol. The lowest BCUT2D eigenvalue weighted by atomic mass is 9.86. The number of cyclic esters (lactones) is 2. The fraction of sp³-hybridized carbons (Fsp3) is 0.808. The molecule has 0 amide bonds. The monoisotopic (exact) mass is 446 g/mol. The van der Waals surface area contributed by atoms with Gasteiger partial charge in [-0.1, -0.05) is 83.7 Å². The molecule has 3 atom stereocenters. The number of hydrogen-bond acceptors (Lipinski definition) is 5. The maximum atomic E-state index is 12.0. The number of esters is 3. The van der Waals surface area contributed by atoms with Crippen molar-refractivity contribution in [2.45, 2.75) is 123 Å². The van der Waals surface area contributed by atoms with E-state index in [2.05, 4.69) is 19.1 Å². The van der Waals surface area contributed by atoms with E-state index in [1.54, 1.807) is 0 Å². The van der Waals surface area contributed by atoms with Crippen molar-refractivity contribution < 1.29 is 23.9 Å². The molecule has 1 heterocycles. The normalized spacial score (nSPS) is 18.1. The Hall–Kier alpha value is -1.59. The summed E-state index contributed by atoms with van der Waals surface area (Å²) in [6.45, 7) is 4.17. The van der Waals surface area contributed by atoms with E-state index in [9.17, 15) is 14.4 Å². The zero-order chi connectivity index (χ0) is 23.6. The zero-order valence-electron chi connectivity index (χ0n) is 20.3. The van der Waals surface area contributed by atoms with E-state index in [0.29, 0.717) is 12.7 Å². The molecule has 6 heteroatoms. The molecule has 1 aliphatic rings. The molecule has 0 aromatic heterocycles. The predicted octanol–water partition coefficient (Wildman–Crippen LogP) is 6.25. The van der Waals surface area contributed by atoms with Crippen LogP contribution in [0, 0.1) is 11.8 Å². The summed E-state index contributed by atoms with van der Waals surface area (Å²) in [5, 5.41) is 0. The van der Waals surface area contributed by atoms with Crippen LogP contribution in [0.4, 0.5) is 0 Å². The molecule has 0 bridgehead atoms. The third-order valence-electron chi connectivity index (χ3n) is 6.21.